The van der Waals surface area contributed by atoms with Crippen LogP contribution in [0.2, 0.25) is 0 Å². The van der Waals surface area contributed by atoms with Crippen molar-refractivity contribution in [2.24, 2.45) is 0 Å². The molecule has 1 aromatic heterocycles. The fourth-order valence-electron chi connectivity index (χ4n) is 1.19. The molecule has 0 bridgehead atoms. The lowest BCUT2D eigenvalue weighted by Crippen LogP contribution is -1.98. The molecule has 1 aliphatic rings. The quantitative estimate of drug-likeness (QED) is 0.514. The van der Waals surface area contributed by atoms with Gasteiger partial charge < -0.3 is 0 Å². The molecule has 0 saturated carbocycles. The van der Waals surface area contributed by atoms with Crippen molar-refractivity contribution in [3.8, 4) is 0 Å². The lowest BCUT2D eigenvalue weighted by molar-refractivity contribution is 0.550. The minimum atomic E-state index is 0.993. The van der Waals surface area contributed by atoms with E-state index in [4.69, 9.17) is 0 Å². The van der Waals surface area contributed by atoms with Gasteiger partial charge in [0.25, 0.3) is 0 Å². The summed E-state index contributed by atoms with van der Waals surface area (Å²) in [5, 5.41) is 0. The van der Waals surface area contributed by atoms with E-state index in [-0.39, 0.29) is 0 Å². The molecule has 2 rings (SSSR count). The summed E-state index contributed by atoms with van der Waals surface area (Å²) in [5.41, 5.74) is 2.62. The average Bonchev–Trinajstić information content (AvgIpc) is 2.27. The summed E-state index contributed by atoms with van der Waals surface area (Å²) >= 11 is 4.63. The predicted molar refractivity (Wildman–Crippen MR) is 60.2 cm³/mol. The lowest BCUT2D eigenvalue weighted by Gasteiger charge is -1.98. The van der Waals surface area contributed by atoms with Gasteiger partial charge in [-0.2, -0.15) is 0 Å². The van der Waals surface area contributed by atoms with Gasteiger partial charge in [0.15, 0.2) is 0 Å². The van der Waals surface area contributed by atoms with Gasteiger partial charge in [-0.1, -0.05) is 0 Å². The first-order chi connectivity index (χ1) is 5.25. The first-order valence-electron chi connectivity index (χ1n) is 3.30. The van der Waals surface area contributed by atoms with Crippen LogP contribution in [0.4, 0.5) is 0 Å². The molecule has 11 heavy (non-hydrogen) atoms. The normalized spacial score (nSPS) is 16.9. The van der Waals surface area contributed by atoms with Gasteiger partial charge in [-0.3, -0.25) is 4.98 Å². The highest BCUT2D eigenvalue weighted by molar-refractivity contribution is 14.1. The Morgan fingerprint density at radius 1 is 1.45 bits per heavy atom. The predicted octanol–water partition coefficient (Wildman–Crippen LogP) is 2.35. The van der Waals surface area contributed by atoms with Crippen LogP contribution in [-0.2, 0) is 13.1 Å². The van der Waals surface area contributed by atoms with Gasteiger partial charge in [0, 0.05) is 39.2 Å². The second kappa shape index (κ2) is 3.14. The third kappa shape index (κ3) is 1.67. The Balaban J connectivity index is 2.43. The van der Waals surface area contributed by atoms with Gasteiger partial charge in [-0.05, 0) is 34.2 Å². The summed E-state index contributed by atoms with van der Waals surface area (Å²) in [6.07, 6.45) is 1.93. The lowest BCUT2D eigenvalue weighted by atomic mass is 10.2. The highest BCUT2D eigenvalue weighted by Gasteiger charge is 2.17. The molecular weight excluding hydrogens is 366 g/mol. The van der Waals surface area contributed by atoms with Crippen molar-refractivity contribution >= 4 is 45.5 Å². The molecule has 1 aliphatic heterocycles. The van der Waals surface area contributed by atoms with E-state index in [0.29, 0.717) is 0 Å². The van der Waals surface area contributed by atoms with E-state index in [0.717, 1.165) is 13.1 Å². The summed E-state index contributed by atoms with van der Waals surface area (Å²) in [6, 6.07) is 2.21. The Hall–Kier alpha value is 0.570. The highest BCUT2D eigenvalue weighted by atomic mass is 127. The molecule has 2 heterocycles. The van der Waals surface area contributed by atoms with Crippen LogP contribution in [0.1, 0.15) is 11.3 Å². The minimum Gasteiger partial charge on any atom is -0.258 e. The largest absolute Gasteiger partial charge is 0.258 e. The second-order valence-electron chi connectivity index (χ2n) is 2.54. The summed E-state index contributed by atoms with van der Waals surface area (Å²) in [6.45, 7) is 2.03. The smallest absolute Gasteiger partial charge is 0.0598 e. The topological polar surface area (TPSA) is 16.1 Å². The average molecular weight is 372 g/mol. The fraction of sp³-hybridized carbons (Fsp3) is 0.286. The third-order valence-electron chi connectivity index (χ3n) is 1.69. The van der Waals surface area contributed by atoms with Crippen LogP contribution in [0.25, 0.3) is 0 Å². The van der Waals surface area contributed by atoms with E-state index < -0.39 is 0 Å². The maximum absolute atomic E-state index is 4.36. The van der Waals surface area contributed by atoms with Gasteiger partial charge in [0.05, 0.1) is 12.2 Å². The standard InChI is InChI=1S/C7H6I2N2/c8-6-1-5-3-11(9)4-7(5)10-2-6/h1-2H,3-4H2. The number of hydrogen-bond acceptors (Lipinski definition) is 2. The van der Waals surface area contributed by atoms with E-state index >= 15 is 0 Å². The zero-order valence-corrected chi connectivity index (χ0v) is 10.0. The minimum absolute atomic E-state index is 0.993. The second-order valence-corrected chi connectivity index (χ2v) is 5.15. The monoisotopic (exact) mass is 372 g/mol. The van der Waals surface area contributed by atoms with Crippen LogP contribution >= 0.6 is 45.5 Å². The Bertz CT molecular complexity index is 288. The molecule has 0 spiro atoms. The van der Waals surface area contributed by atoms with Crippen LogP contribution < -0.4 is 0 Å². The summed E-state index contributed by atoms with van der Waals surface area (Å²) in [7, 11) is 0. The van der Waals surface area contributed by atoms with Gasteiger partial charge in [0.1, 0.15) is 0 Å². The molecule has 0 fully saturated rings. The van der Waals surface area contributed by atoms with Gasteiger partial charge in [-0.25, -0.2) is 3.11 Å². The molecule has 0 unspecified atom stereocenters. The molecule has 0 aromatic carbocycles. The highest BCUT2D eigenvalue weighted by Crippen LogP contribution is 2.24. The molecule has 58 valence electrons. The van der Waals surface area contributed by atoms with E-state index in [1.165, 1.54) is 14.8 Å². The van der Waals surface area contributed by atoms with Crippen LogP contribution in [0, 0.1) is 3.57 Å². The molecule has 0 N–H and O–H groups in total. The number of nitrogens with zero attached hydrogens (tertiary/aromatic N) is 2. The Morgan fingerprint density at radius 3 is 3.09 bits per heavy atom. The number of fused-ring (bicyclic) bond motifs is 1. The van der Waals surface area contributed by atoms with Crippen LogP contribution in [0.15, 0.2) is 12.3 Å². The zero-order chi connectivity index (χ0) is 7.84. The molecule has 2 nitrogen and oxygen atoms in total. The van der Waals surface area contributed by atoms with Gasteiger partial charge >= 0.3 is 0 Å². The van der Waals surface area contributed by atoms with Crippen molar-refractivity contribution in [3.63, 3.8) is 0 Å². The van der Waals surface area contributed by atoms with Crippen LogP contribution in [-0.4, -0.2) is 8.10 Å². The fourth-order valence-corrected chi connectivity index (χ4v) is 2.40. The molecule has 0 saturated heterocycles. The van der Waals surface area contributed by atoms with E-state index in [9.17, 15) is 0 Å². The van der Waals surface area contributed by atoms with Crippen LogP contribution in [0.3, 0.4) is 0 Å². The van der Waals surface area contributed by atoms with Crippen molar-refractivity contribution in [1.29, 1.82) is 0 Å². The molecule has 0 radical (unpaired) electrons. The molecule has 1 aromatic rings. The number of hydrogen-bond donors (Lipinski definition) is 0. The number of rotatable bonds is 0. The number of halogens is 2. The van der Waals surface area contributed by atoms with E-state index in [1.807, 2.05) is 6.20 Å². The third-order valence-corrected chi connectivity index (χ3v) is 2.96. The van der Waals surface area contributed by atoms with Crippen molar-refractivity contribution in [2.75, 3.05) is 0 Å². The Morgan fingerprint density at radius 2 is 2.27 bits per heavy atom. The Labute approximate surface area is 93.0 Å². The van der Waals surface area contributed by atoms with Crippen molar-refractivity contribution < 1.29 is 0 Å². The summed E-state index contributed by atoms with van der Waals surface area (Å²) in [5.74, 6) is 0. The first-order valence-corrected chi connectivity index (χ1v) is 5.34. The zero-order valence-electron chi connectivity index (χ0n) is 5.72. The first kappa shape index (κ1) is 8.18. The molecule has 4 heteroatoms. The maximum Gasteiger partial charge on any atom is 0.0598 e. The Kier molecular flexibility index (Phi) is 2.33. The van der Waals surface area contributed by atoms with Crippen molar-refractivity contribution in [3.05, 3.63) is 27.1 Å². The van der Waals surface area contributed by atoms with Gasteiger partial charge in [-0.15, -0.1) is 0 Å². The summed E-state index contributed by atoms with van der Waals surface area (Å²) in [4.78, 5) is 4.36. The number of aromatic nitrogens is 1. The van der Waals surface area contributed by atoms with Gasteiger partial charge in [0.2, 0.25) is 0 Å². The summed E-state index contributed by atoms with van der Waals surface area (Å²) < 4.78 is 3.47. The molecule has 0 aliphatic carbocycles. The van der Waals surface area contributed by atoms with E-state index in [1.54, 1.807) is 0 Å². The maximum atomic E-state index is 4.36. The molecular formula is C7H6I2N2. The molecule has 0 atom stereocenters. The van der Waals surface area contributed by atoms with Crippen molar-refractivity contribution in [1.82, 2.24) is 8.10 Å². The van der Waals surface area contributed by atoms with E-state index in [2.05, 4.69) is 59.6 Å². The van der Waals surface area contributed by atoms with Crippen LogP contribution in [0.5, 0.6) is 0 Å². The molecule has 0 amide bonds. The number of pyridine rings is 1. The SMILES string of the molecule is Ic1cnc2c(c1)CN(I)C2. The van der Waals surface area contributed by atoms with Crippen molar-refractivity contribution in [2.45, 2.75) is 13.1 Å².